The van der Waals surface area contributed by atoms with E-state index >= 15 is 0 Å². The summed E-state index contributed by atoms with van der Waals surface area (Å²) >= 11 is 3.19. The number of benzene rings is 2. The van der Waals surface area contributed by atoms with Gasteiger partial charge in [-0.3, -0.25) is 4.79 Å². The van der Waals surface area contributed by atoms with Crippen LogP contribution in [0.1, 0.15) is 29.7 Å². The average molecular weight is 391 g/mol. The molecule has 6 heteroatoms. The molecule has 0 saturated heterocycles. The van der Waals surface area contributed by atoms with Crippen LogP contribution in [-0.2, 0) is 16.1 Å². The third-order valence-electron chi connectivity index (χ3n) is 3.37. The van der Waals surface area contributed by atoms with E-state index in [9.17, 15) is 9.18 Å². The van der Waals surface area contributed by atoms with Gasteiger partial charge >= 0.3 is 0 Å². The van der Waals surface area contributed by atoms with Crippen molar-refractivity contribution in [2.45, 2.75) is 19.6 Å². The standard InChI is InChI=1S/C18H16BrFN2O2/c1-2-24-17(15-8-7-14(19)9-16(15)20)18(23)22-11-13-5-3-12(10-21)4-6-13/h3-9,17H,2,11H2,1H3,(H,22,23)/t17-/m0/s1. The number of carbonyl (C=O) groups is 1. The van der Waals surface area contributed by atoms with E-state index in [1.807, 2.05) is 6.07 Å². The summed E-state index contributed by atoms with van der Waals surface area (Å²) in [6.45, 7) is 2.30. The molecule has 2 rings (SSSR count). The fourth-order valence-electron chi connectivity index (χ4n) is 2.17. The van der Waals surface area contributed by atoms with Crippen molar-refractivity contribution in [2.75, 3.05) is 6.61 Å². The maximum atomic E-state index is 14.1. The molecule has 2 aromatic rings. The molecule has 0 fully saturated rings. The minimum Gasteiger partial charge on any atom is -0.364 e. The number of nitrogens with zero attached hydrogens (tertiary/aromatic N) is 1. The Morgan fingerprint density at radius 1 is 1.33 bits per heavy atom. The first-order valence-electron chi connectivity index (χ1n) is 7.38. The van der Waals surface area contributed by atoms with Crippen molar-refractivity contribution >= 4 is 21.8 Å². The summed E-state index contributed by atoms with van der Waals surface area (Å²) in [4.78, 5) is 12.4. The smallest absolute Gasteiger partial charge is 0.254 e. The molecule has 0 spiro atoms. The number of amides is 1. The Morgan fingerprint density at radius 3 is 2.62 bits per heavy atom. The highest BCUT2D eigenvalue weighted by Crippen LogP contribution is 2.24. The zero-order valence-corrected chi connectivity index (χ0v) is 14.6. The number of halogens is 2. The SMILES string of the molecule is CCO[C@H](C(=O)NCc1ccc(C#N)cc1)c1ccc(Br)cc1F. The molecular weight excluding hydrogens is 375 g/mol. The second-order valence-electron chi connectivity index (χ2n) is 5.03. The summed E-state index contributed by atoms with van der Waals surface area (Å²) in [7, 11) is 0. The van der Waals surface area contributed by atoms with E-state index in [2.05, 4.69) is 21.2 Å². The van der Waals surface area contributed by atoms with E-state index in [1.165, 1.54) is 12.1 Å². The van der Waals surface area contributed by atoms with Crippen LogP contribution in [-0.4, -0.2) is 12.5 Å². The molecule has 24 heavy (non-hydrogen) atoms. The topological polar surface area (TPSA) is 62.1 Å². The Hall–Kier alpha value is -2.23. The lowest BCUT2D eigenvalue weighted by Crippen LogP contribution is -2.31. The lowest BCUT2D eigenvalue weighted by atomic mass is 10.1. The predicted molar refractivity (Wildman–Crippen MR) is 91.5 cm³/mol. The highest BCUT2D eigenvalue weighted by molar-refractivity contribution is 9.10. The fourth-order valence-corrected chi connectivity index (χ4v) is 2.50. The number of rotatable bonds is 6. The highest BCUT2D eigenvalue weighted by atomic mass is 79.9. The van der Waals surface area contributed by atoms with Crippen LogP contribution in [0.5, 0.6) is 0 Å². The van der Waals surface area contributed by atoms with Crippen LogP contribution in [0.25, 0.3) is 0 Å². The Morgan fingerprint density at radius 2 is 2.04 bits per heavy atom. The van der Waals surface area contributed by atoms with Gasteiger partial charge in [-0.15, -0.1) is 0 Å². The van der Waals surface area contributed by atoms with Crippen molar-refractivity contribution < 1.29 is 13.9 Å². The van der Waals surface area contributed by atoms with Gasteiger partial charge in [0.2, 0.25) is 0 Å². The number of carbonyl (C=O) groups excluding carboxylic acids is 1. The van der Waals surface area contributed by atoms with Gasteiger partial charge in [0.1, 0.15) is 5.82 Å². The summed E-state index contributed by atoms with van der Waals surface area (Å²) in [6.07, 6.45) is -1.01. The number of ether oxygens (including phenoxy) is 1. The molecule has 4 nitrogen and oxygen atoms in total. The number of nitrogens with one attached hydrogen (secondary N) is 1. The van der Waals surface area contributed by atoms with E-state index in [0.29, 0.717) is 10.0 Å². The fraction of sp³-hybridized carbons (Fsp3) is 0.222. The van der Waals surface area contributed by atoms with E-state index in [1.54, 1.807) is 37.3 Å². The monoisotopic (exact) mass is 390 g/mol. The van der Waals surface area contributed by atoms with Gasteiger partial charge < -0.3 is 10.1 Å². The Bertz CT molecular complexity index is 757. The molecule has 0 radical (unpaired) electrons. The molecule has 0 aromatic heterocycles. The summed E-state index contributed by atoms with van der Waals surface area (Å²) in [5.74, 6) is -0.918. The Balaban J connectivity index is 2.09. The largest absolute Gasteiger partial charge is 0.364 e. The quantitative estimate of drug-likeness (QED) is 0.814. The van der Waals surface area contributed by atoms with Crippen molar-refractivity contribution in [2.24, 2.45) is 0 Å². The van der Waals surface area contributed by atoms with E-state index in [0.717, 1.165) is 5.56 Å². The summed E-state index contributed by atoms with van der Waals surface area (Å²) in [5, 5.41) is 11.5. The van der Waals surface area contributed by atoms with Gasteiger partial charge in [0.25, 0.3) is 5.91 Å². The third-order valence-corrected chi connectivity index (χ3v) is 3.86. The second-order valence-corrected chi connectivity index (χ2v) is 5.94. The first kappa shape index (κ1) is 18.1. The van der Waals surface area contributed by atoms with E-state index in [-0.39, 0.29) is 18.7 Å². The number of hydrogen-bond acceptors (Lipinski definition) is 3. The van der Waals surface area contributed by atoms with Crippen LogP contribution in [0.3, 0.4) is 0 Å². The van der Waals surface area contributed by atoms with E-state index in [4.69, 9.17) is 10.00 Å². The van der Waals surface area contributed by atoms with Gasteiger partial charge in [-0.1, -0.05) is 34.1 Å². The van der Waals surface area contributed by atoms with Crippen molar-refractivity contribution in [3.63, 3.8) is 0 Å². The summed E-state index contributed by atoms with van der Waals surface area (Å²) in [5.41, 5.74) is 1.58. The third kappa shape index (κ3) is 4.63. The van der Waals surface area contributed by atoms with Crippen LogP contribution >= 0.6 is 15.9 Å². The maximum Gasteiger partial charge on any atom is 0.254 e. The number of hydrogen-bond donors (Lipinski definition) is 1. The molecule has 0 bridgehead atoms. The number of nitriles is 1. The van der Waals surface area contributed by atoms with Crippen molar-refractivity contribution in [1.29, 1.82) is 5.26 Å². The van der Waals surface area contributed by atoms with Gasteiger partial charge in [0, 0.05) is 23.2 Å². The van der Waals surface area contributed by atoms with Crippen LogP contribution in [0.15, 0.2) is 46.9 Å². The molecule has 124 valence electrons. The van der Waals surface area contributed by atoms with E-state index < -0.39 is 17.8 Å². The molecular formula is C18H16BrFN2O2. The lowest BCUT2D eigenvalue weighted by molar-refractivity contribution is -0.133. The van der Waals surface area contributed by atoms with Crippen LogP contribution in [0.4, 0.5) is 4.39 Å². The summed E-state index contributed by atoms with van der Waals surface area (Å²) in [6, 6.07) is 13.4. The zero-order valence-electron chi connectivity index (χ0n) is 13.1. The first-order chi connectivity index (χ1) is 11.5. The molecule has 0 saturated carbocycles. The van der Waals surface area contributed by atoms with Gasteiger partial charge in [-0.05, 0) is 36.8 Å². The molecule has 0 unspecified atom stereocenters. The molecule has 0 aliphatic rings. The predicted octanol–water partition coefficient (Wildman–Crippen LogP) is 3.85. The molecule has 0 aliphatic heterocycles. The molecule has 1 N–H and O–H groups in total. The van der Waals surface area contributed by atoms with Crippen molar-refractivity contribution in [1.82, 2.24) is 5.32 Å². The maximum absolute atomic E-state index is 14.1. The Labute approximate surface area is 148 Å². The summed E-state index contributed by atoms with van der Waals surface area (Å²) < 4.78 is 20.1. The molecule has 0 heterocycles. The van der Waals surface area contributed by atoms with Gasteiger partial charge in [-0.25, -0.2) is 4.39 Å². The van der Waals surface area contributed by atoms with Crippen LogP contribution < -0.4 is 5.32 Å². The lowest BCUT2D eigenvalue weighted by Gasteiger charge is -2.18. The van der Waals surface area contributed by atoms with Gasteiger partial charge in [-0.2, -0.15) is 5.26 Å². The average Bonchev–Trinajstić information content (AvgIpc) is 2.58. The van der Waals surface area contributed by atoms with Crippen molar-refractivity contribution in [3.05, 3.63) is 69.4 Å². The molecule has 1 atom stereocenters. The zero-order chi connectivity index (χ0) is 17.5. The second kappa shape index (κ2) is 8.57. The molecule has 0 aliphatic carbocycles. The highest BCUT2D eigenvalue weighted by Gasteiger charge is 2.24. The Kier molecular flexibility index (Phi) is 6.47. The van der Waals surface area contributed by atoms with Crippen LogP contribution in [0.2, 0.25) is 0 Å². The van der Waals surface area contributed by atoms with Crippen molar-refractivity contribution in [3.8, 4) is 6.07 Å². The van der Waals surface area contributed by atoms with Gasteiger partial charge in [0.15, 0.2) is 6.10 Å². The van der Waals surface area contributed by atoms with Crippen LogP contribution in [0, 0.1) is 17.1 Å². The molecule has 2 aromatic carbocycles. The minimum absolute atomic E-state index is 0.192. The normalized spacial score (nSPS) is 11.6. The van der Waals surface area contributed by atoms with Gasteiger partial charge in [0.05, 0.1) is 11.6 Å². The first-order valence-corrected chi connectivity index (χ1v) is 8.17. The molecule has 1 amide bonds. The minimum atomic E-state index is -1.01.